The summed E-state index contributed by atoms with van der Waals surface area (Å²) in [5.41, 5.74) is 5.66. The molecule has 0 spiro atoms. The second-order valence-electron chi connectivity index (χ2n) is 10.4. The molecule has 0 bridgehead atoms. The van der Waals surface area contributed by atoms with Gasteiger partial charge in [-0.05, 0) is 60.1 Å². The molecule has 0 radical (unpaired) electrons. The molecule has 0 aromatic heterocycles. The van der Waals surface area contributed by atoms with Crippen LogP contribution in [-0.2, 0) is 27.8 Å². The zero-order valence-electron chi connectivity index (χ0n) is 21.8. The topological polar surface area (TPSA) is 75.3 Å². The van der Waals surface area contributed by atoms with E-state index < -0.39 is 12.1 Å². The van der Waals surface area contributed by atoms with Gasteiger partial charge in [0.05, 0.1) is 6.04 Å². The summed E-state index contributed by atoms with van der Waals surface area (Å²) in [6.45, 7) is 10.3. The summed E-state index contributed by atoms with van der Waals surface area (Å²) in [5.74, 6) is -0.715. The maximum absolute atomic E-state index is 13.3. The highest BCUT2D eigenvalue weighted by Gasteiger charge is 2.25. The number of carbonyl (C=O) groups is 3. The molecule has 0 fully saturated rings. The van der Waals surface area contributed by atoms with Crippen molar-refractivity contribution < 1.29 is 14.4 Å². The highest BCUT2D eigenvalue weighted by Crippen LogP contribution is 2.22. The lowest BCUT2D eigenvalue weighted by molar-refractivity contribution is -0.125. The van der Waals surface area contributed by atoms with Crippen molar-refractivity contribution >= 4 is 18.1 Å². The molecule has 3 aromatic carbocycles. The van der Waals surface area contributed by atoms with E-state index in [9.17, 15) is 14.4 Å². The number of amides is 2. The van der Waals surface area contributed by atoms with E-state index in [-0.39, 0.29) is 17.2 Å². The van der Waals surface area contributed by atoms with Crippen LogP contribution in [0.15, 0.2) is 72.8 Å². The Bertz CT molecular complexity index is 1190. The van der Waals surface area contributed by atoms with E-state index in [4.69, 9.17) is 0 Å². The summed E-state index contributed by atoms with van der Waals surface area (Å²) in [7, 11) is 0. The molecular weight excluding hydrogens is 448 g/mol. The Labute approximate surface area is 214 Å². The van der Waals surface area contributed by atoms with Crippen molar-refractivity contribution in [3.63, 3.8) is 0 Å². The number of hydrogen-bond acceptors (Lipinski definition) is 3. The van der Waals surface area contributed by atoms with Crippen LogP contribution in [0.1, 0.15) is 58.9 Å². The van der Waals surface area contributed by atoms with Gasteiger partial charge in [0.1, 0.15) is 12.3 Å². The Balaban J connectivity index is 1.78. The molecule has 188 valence electrons. The molecule has 0 heterocycles. The Morgan fingerprint density at radius 1 is 0.833 bits per heavy atom. The van der Waals surface area contributed by atoms with Crippen LogP contribution in [0.4, 0.5) is 0 Å². The Hall–Kier alpha value is -3.73. The van der Waals surface area contributed by atoms with Gasteiger partial charge in [-0.2, -0.15) is 0 Å². The second kappa shape index (κ2) is 11.8. The molecule has 1 unspecified atom stereocenters. The van der Waals surface area contributed by atoms with Crippen molar-refractivity contribution in [3.8, 4) is 0 Å². The van der Waals surface area contributed by atoms with Crippen LogP contribution in [0, 0.1) is 13.8 Å². The summed E-state index contributed by atoms with van der Waals surface area (Å²) in [5, 5.41) is 5.73. The quantitative estimate of drug-likeness (QED) is 0.426. The number of benzene rings is 3. The predicted molar refractivity (Wildman–Crippen MR) is 144 cm³/mol. The first-order valence-corrected chi connectivity index (χ1v) is 12.3. The molecule has 0 saturated carbocycles. The van der Waals surface area contributed by atoms with Gasteiger partial charge in [-0.1, -0.05) is 87.0 Å². The molecule has 36 heavy (non-hydrogen) atoms. The maximum Gasteiger partial charge on any atom is 0.251 e. The van der Waals surface area contributed by atoms with Crippen LogP contribution in [0.3, 0.4) is 0 Å². The molecule has 3 rings (SSSR count). The summed E-state index contributed by atoms with van der Waals surface area (Å²) in [4.78, 5) is 38.3. The number of hydrogen-bond donors (Lipinski definition) is 2. The smallest absolute Gasteiger partial charge is 0.251 e. The van der Waals surface area contributed by atoms with E-state index in [0.29, 0.717) is 18.4 Å². The minimum Gasteiger partial charge on any atom is -0.344 e. The molecule has 5 nitrogen and oxygen atoms in total. The molecule has 0 aliphatic rings. The minimum atomic E-state index is -0.832. The minimum absolute atomic E-state index is 0.0242. The Morgan fingerprint density at radius 2 is 1.47 bits per heavy atom. The highest BCUT2D eigenvalue weighted by molar-refractivity contribution is 5.98. The fourth-order valence-electron chi connectivity index (χ4n) is 4.03. The first-order chi connectivity index (χ1) is 17.1. The summed E-state index contributed by atoms with van der Waals surface area (Å²) in [6.07, 6.45) is 1.45. The van der Waals surface area contributed by atoms with Crippen molar-refractivity contribution in [2.75, 3.05) is 0 Å². The predicted octanol–water partition coefficient (Wildman–Crippen LogP) is 4.87. The average Bonchev–Trinajstić information content (AvgIpc) is 2.85. The van der Waals surface area contributed by atoms with Crippen molar-refractivity contribution in [2.24, 2.45) is 0 Å². The van der Waals surface area contributed by atoms with Crippen molar-refractivity contribution in [2.45, 2.75) is 65.0 Å². The normalized spacial score (nSPS) is 12.9. The Morgan fingerprint density at radius 3 is 2.06 bits per heavy atom. The number of aryl methyl sites for hydroxylation is 2. The second-order valence-corrected chi connectivity index (χ2v) is 10.4. The molecule has 2 atom stereocenters. The van der Waals surface area contributed by atoms with Gasteiger partial charge in [-0.3, -0.25) is 9.59 Å². The van der Waals surface area contributed by atoms with Crippen molar-refractivity contribution in [1.82, 2.24) is 10.6 Å². The van der Waals surface area contributed by atoms with Gasteiger partial charge >= 0.3 is 0 Å². The first kappa shape index (κ1) is 26.9. The van der Waals surface area contributed by atoms with Gasteiger partial charge < -0.3 is 15.4 Å². The monoisotopic (exact) mass is 484 g/mol. The van der Waals surface area contributed by atoms with Crippen LogP contribution in [0.5, 0.6) is 0 Å². The first-order valence-electron chi connectivity index (χ1n) is 12.3. The number of aldehydes is 1. The van der Waals surface area contributed by atoms with Gasteiger partial charge in [-0.25, -0.2) is 0 Å². The van der Waals surface area contributed by atoms with Gasteiger partial charge in [0.25, 0.3) is 5.91 Å². The molecule has 5 heteroatoms. The summed E-state index contributed by atoms with van der Waals surface area (Å²) >= 11 is 0. The van der Waals surface area contributed by atoms with E-state index in [2.05, 4.69) is 31.4 Å². The molecule has 2 amide bonds. The lowest BCUT2D eigenvalue weighted by Crippen LogP contribution is -2.51. The van der Waals surface area contributed by atoms with E-state index in [0.717, 1.165) is 34.1 Å². The van der Waals surface area contributed by atoms with Crippen LogP contribution in [0.2, 0.25) is 0 Å². The van der Waals surface area contributed by atoms with Gasteiger partial charge in [0.2, 0.25) is 5.91 Å². The van der Waals surface area contributed by atoms with Crippen LogP contribution in [0.25, 0.3) is 0 Å². The number of rotatable bonds is 9. The van der Waals surface area contributed by atoms with Gasteiger partial charge in [-0.15, -0.1) is 0 Å². The number of nitrogens with one attached hydrogen (secondary N) is 2. The lowest BCUT2D eigenvalue weighted by Gasteiger charge is -2.22. The van der Waals surface area contributed by atoms with Crippen LogP contribution < -0.4 is 10.6 Å². The zero-order chi connectivity index (χ0) is 26.3. The maximum atomic E-state index is 13.3. The summed E-state index contributed by atoms with van der Waals surface area (Å²) in [6, 6.07) is 21.5. The SMILES string of the molecule is Cc1ccc(C[C@@H](C=O)NC(=O)C(Cc2ccccc2C)NC(=O)c2ccc(C(C)(C)C)cc2)cc1. The van der Waals surface area contributed by atoms with E-state index >= 15 is 0 Å². The third-order valence-electron chi connectivity index (χ3n) is 6.39. The van der Waals surface area contributed by atoms with Crippen molar-refractivity contribution in [3.05, 3.63) is 106 Å². The molecule has 3 aromatic rings. The largest absolute Gasteiger partial charge is 0.344 e. The lowest BCUT2D eigenvalue weighted by atomic mass is 9.86. The van der Waals surface area contributed by atoms with Crippen LogP contribution >= 0.6 is 0 Å². The zero-order valence-corrected chi connectivity index (χ0v) is 21.8. The molecular formula is C31H36N2O3. The van der Waals surface area contributed by atoms with E-state index in [1.54, 1.807) is 12.1 Å². The third-order valence-corrected chi connectivity index (χ3v) is 6.39. The standard InChI is InChI=1S/C31H36N2O3/c1-21-10-12-23(13-11-21)18-27(20-34)32-30(36)28(19-25-9-7-6-8-22(25)2)33-29(35)24-14-16-26(17-15-24)31(3,4)5/h6-17,20,27-28H,18-19H2,1-5H3,(H,32,36)(H,33,35)/t27-,28?/m0/s1. The average molecular weight is 485 g/mol. The molecule has 0 aliphatic heterocycles. The van der Waals surface area contributed by atoms with E-state index in [1.807, 2.05) is 74.5 Å². The highest BCUT2D eigenvalue weighted by atomic mass is 16.2. The summed E-state index contributed by atoms with van der Waals surface area (Å²) < 4.78 is 0. The molecule has 2 N–H and O–H groups in total. The fraction of sp³-hybridized carbons (Fsp3) is 0.323. The molecule has 0 aliphatic carbocycles. The number of carbonyl (C=O) groups excluding carboxylic acids is 3. The Kier molecular flexibility index (Phi) is 8.81. The van der Waals surface area contributed by atoms with Gasteiger partial charge in [0, 0.05) is 12.0 Å². The van der Waals surface area contributed by atoms with E-state index in [1.165, 1.54) is 0 Å². The third kappa shape index (κ3) is 7.38. The van der Waals surface area contributed by atoms with Gasteiger partial charge in [0.15, 0.2) is 0 Å². The fourth-order valence-corrected chi connectivity index (χ4v) is 4.03. The van der Waals surface area contributed by atoms with Crippen LogP contribution in [-0.4, -0.2) is 30.2 Å². The molecule has 0 saturated heterocycles. The van der Waals surface area contributed by atoms with Crippen molar-refractivity contribution in [1.29, 1.82) is 0 Å².